The third-order valence-electron chi connectivity index (χ3n) is 3.62. The summed E-state index contributed by atoms with van der Waals surface area (Å²) in [6.45, 7) is 2.65. The second-order valence-electron chi connectivity index (χ2n) is 5.17. The Bertz CT molecular complexity index is 894. The average molecular weight is 417 g/mol. The highest BCUT2D eigenvalue weighted by Gasteiger charge is 2.16. The molecule has 0 radical (unpaired) electrons. The lowest BCUT2D eigenvalue weighted by atomic mass is 10.2. The molecule has 0 fully saturated rings. The molecular weight excluding hydrogens is 404 g/mol. The van der Waals surface area contributed by atoms with E-state index < -0.39 is 0 Å². The Morgan fingerprint density at radius 3 is 2.52 bits per heavy atom. The third kappa shape index (κ3) is 3.95. The average Bonchev–Trinajstić information content (AvgIpc) is 3.00. The van der Waals surface area contributed by atoms with Crippen LogP contribution in [0.25, 0.3) is 11.4 Å². The Hall–Kier alpha value is -1.27. The molecule has 0 unspecified atom stereocenters. The molecule has 1 heterocycles. The number of aromatic nitrogens is 3. The summed E-state index contributed by atoms with van der Waals surface area (Å²) < 4.78 is 15.9. The van der Waals surface area contributed by atoms with Gasteiger partial charge in [0.1, 0.15) is 5.82 Å². The lowest BCUT2D eigenvalue weighted by molar-refractivity contribution is 0.617. The fourth-order valence-electron chi connectivity index (χ4n) is 2.34. The Balaban J connectivity index is 1.88. The summed E-state index contributed by atoms with van der Waals surface area (Å²) in [5, 5.41) is 10.5. The van der Waals surface area contributed by atoms with Crippen molar-refractivity contribution in [3.63, 3.8) is 0 Å². The highest BCUT2D eigenvalue weighted by atomic mass is 35.5. The van der Waals surface area contributed by atoms with E-state index in [0.29, 0.717) is 43.9 Å². The first-order valence-electron chi connectivity index (χ1n) is 7.45. The third-order valence-corrected chi connectivity index (χ3v) is 5.70. The van der Waals surface area contributed by atoms with Crippen molar-refractivity contribution in [3.8, 4) is 11.4 Å². The molecule has 0 saturated heterocycles. The minimum Gasteiger partial charge on any atom is -0.302 e. The van der Waals surface area contributed by atoms with Gasteiger partial charge in [0, 0.05) is 28.4 Å². The van der Waals surface area contributed by atoms with Gasteiger partial charge in [-0.15, -0.1) is 10.2 Å². The van der Waals surface area contributed by atoms with Gasteiger partial charge < -0.3 is 4.57 Å². The Kier molecular flexibility index (Phi) is 5.89. The number of thioether (sulfide) groups is 1. The van der Waals surface area contributed by atoms with Crippen LogP contribution in [0.15, 0.2) is 41.6 Å². The fraction of sp³-hybridized carbons (Fsp3) is 0.176. The van der Waals surface area contributed by atoms with Crippen molar-refractivity contribution < 1.29 is 4.39 Å². The van der Waals surface area contributed by atoms with Gasteiger partial charge in [-0.1, -0.05) is 52.6 Å². The van der Waals surface area contributed by atoms with E-state index in [2.05, 4.69) is 10.2 Å². The van der Waals surface area contributed by atoms with E-state index >= 15 is 0 Å². The second-order valence-corrected chi connectivity index (χ2v) is 7.33. The molecule has 8 heteroatoms. The molecular formula is C17H13Cl3FN3S. The number of hydrogen-bond acceptors (Lipinski definition) is 3. The monoisotopic (exact) mass is 415 g/mol. The number of halogens is 4. The Morgan fingerprint density at radius 1 is 1.04 bits per heavy atom. The van der Waals surface area contributed by atoms with Gasteiger partial charge in [-0.2, -0.15) is 0 Å². The summed E-state index contributed by atoms with van der Waals surface area (Å²) in [5.74, 6) is 0.723. The van der Waals surface area contributed by atoms with Gasteiger partial charge in [-0.25, -0.2) is 4.39 Å². The van der Waals surface area contributed by atoms with E-state index in [9.17, 15) is 4.39 Å². The van der Waals surface area contributed by atoms with Crippen molar-refractivity contribution in [3.05, 3.63) is 62.8 Å². The predicted molar refractivity (Wildman–Crippen MR) is 102 cm³/mol. The molecule has 0 aliphatic carbocycles. The van der Waals surface area contributed by atoms with E-state index in [0.717, 1.165) is 5.56 Å². The number of nitrogens with zero attached hydrogens (tertiary/aromatic N) is 3. The smallest absolute Gasteiger partial charge is 0.191 e. The minimum absolute atomic E-state index is 0.327. The quantitative estimate of drug-likeness (QED) is 0.454. The largest absolute Gasteiger partial charge is 0.302 e. The van der Waals surface area contributed by atoms with Crippen LogP contribution in [0.4, 0.5) is 4.39 Å². The van der Waals surface area contributed by atoms with E-state index in [4.69, 9.17) is 34.8 Å². The normalized spacial score (nSPS) is 11.1. The first-order chi connectivity index (χ1) is 12.0. The lowest BCUT2D eigenvalue weighted by Crippen LogP contribution is -2.00. The zero-order chi connectivity index (χ0) is 18.0. The van der Waals surface area contributed by atoms with Crippen LogP contribution in [0.1, 0.15) is 12.5 Å². The zero-order valence-electron chi connectivity index (χ0n) is 13.1. The van der Waals surface area contributed by atoms with Gasteiger partial charge in [0.15, 0.2) is 11.0 Å². The zero-order valence-corrected chi connectivity index (χ0v) is 16.2. The summed E-state index contributed by atoms with van der Waals surface area (Å²) in [6, 6.07) is 9.97. The fourth-order valence-corrected chi connectivity index (χ4v) is 3.98. The van der Waals surface area contributed by atoms with Crippen LogP contribution in [0, 0.1) is 5.82 Å². The molecule has 0 N–H and O–H groups in total. The van der Waals surface area contributed by atoms with Crippen LogP contribution in [-0.2, 0) is 12.3 Å². The van der Waals surface area contributed by atoms with Crippen molar-refractivity contribution in [1.29, 1.82) is 0 Å². The predicted octanol–water partition coefficient (Wildman–Crippen LogP) is 6.36. The number of benzene rings is 2. The van der Waals surface area contributed by atoms with Crippen LogP contribution < -0.4 is 0 Å². The molecule has 0 bridgehead atoms. The molecule has 0 saturated carbocycles. The first-order valence-corrected chi connectivity index (χ1v) is 9.57. The lowest BCUT2D eigenvalue weighted by Gasteiger charge is -2.09. The van der Waals surface area contributed by atoms with Crippen molar-refractivity contribution >= 4 is 46.6 Å². The summed E-state index contributed by atoms with van der Waals surface area (Å²) in [5.41, 5.74) is 1.27. The maximum atomic E-state index is 13.9. The molecule has 3 rings (SSSR count). The van der Waals surface area contributed by atoms with Crippen molar-refractivity contribution in [1.82, 2.24) is 14.8 Å². The molecule has 1 aromatic heterocycles. The van der Waals surface area contributed by atoms with Crippen molar-refractivity contribution in [2.45, 2.75) is 24.4 Å². The second kappa shape index (κ2) is 7.96. The van der Waals surface area contributed by atoms with Gasteiger partial charge in [0.05, 0.1) is 10.0 Å². The van der Waals surface area contributed by atoms with E-state index in [-0.39, 0.29) is 5.82 Å². The topological polar surface area (TPSA) is 30.7 Å². The van der Waals surface area contributed by atoms with E-state index in [1.165, 1.54) is 17.8 Å². The maximum absolute atomic E-state index is 13.9. The van der Waals surface area contributed by atoms with Gasteiger partial charge >= 0.3 is 0 Å². The summed E-state index contributed by atoms with van der Waals surface area (Å²) in [7, 11) is 0. The van der Waals surface area contributed by atoms with Crippen molar-refractivity contribution in [2.75, 3.05) is 0 Å². The van der Waals surface area contributed by atoms with Crippen LogP contribution in [-0.4, -0.2) is 14.8 Å². The molecule has 3 aromatic rings. The summed E-state index contributed by atoms with van der Waals surface area (Å²) in [4.78, 5) is 0. The standard InChI is InChI=1S/C17H13Cl3FN3S/c1-2-24-16(10-6-7-13(19)14(20)8-10)22-23-17(24)25-9-11-12(18)4-3-5-15(11)21/h3-8H,2,9H2,1H3. The molecule has 0 aliphatic heterocycles. The molecule has 130 valence electrons. The van der Waals surface area contributed by atoms with E-state index in [1.54, 1.807) is 24.3 Å². The first kappa shape index (κ1) is 18.5. The van der Waals surface area contributed by atoms with Crippen LogP contribution in [0.3, 0.4) is 0 Å². The molecule has 2 aromatic carbocycles. The van der Waals surface area contributed by atoms with Crippen molar-refractivity contribution in [2.24, 2.45) is 0 Å². The van der Waals surface area contributed by atoms with Gasteiger partial charge in [0.2, 0.25) is 0 Å². The minimum atomic E-state index is -0.327. The summed E-state index contributed by atoms with van der Waals surface area (Å²) in [6.07, 6.45) is 0. The molecule has 0 spiro atoms. The number of rotatable bonds is 5. The molecule has 25 heavy (non-hydrogen) atoms. The van der Waals surface area contributed by atoms with Gasteiger partial charge in [-0.05, 0) is 37.3 Å². The van der Waals surface area contributed by atoms with Crippen LogP contribution >= 0.6 is 46.6 Å². The highest BCUT2D eigenvalue weighted by Crippen LogP contribution is 2.32. The SMILES string of the molecule is CCn1c(SCc2c(F)cccc2Cl)nnc1-c1ccc(Cl)c(Cl)c1. The molecule has 3 nitrogen and oxygen atoms in total. The number of hydrogen-bond donors (Lipinski definition) is 0. The highest BCUT2D eigenvalue weighted by molar-refractivity contribution is 7.98. The van der Waals surface area contributed by atoms with Gasteiger partial charge in [-0.3, -0.25) is 0 Å². The van der Waals surface area contributed by atoms with Crippen LogP contribution in [0.2, 0.25) is 15.1 Å². The molecule has 0 amide bonds. The van der Waals surface area contributed by atoms with Gasteiger partial charge in [0.25, 0.3) is 0 Å². The maximum Gasteiger partial charge on any atom is 0.191 e. The van der Waals surface area contributed by atoms with Crippen LogP contribution in [0.5, 0.6) is 0 Å². The molecule has 0 atom stereocenters. The molecule has 0 aliphatic rings. The Morgan fingerprint density at radius 2 is 1.84 bits per heavy atom. The summed E-state index contributed by atoms with van der Waals surface area (Å²) >= 11 is 19.5. The Labute approximate surface area is 164 Å². The van der Waals surface area contributed by atoms with E-state index in [1.807, 2.05) is 17.6 Å².